The Morgan fingerprint density at radius 3 is 2.41 bits per heavy atom. The molecule has 0 saturated carbocycles. The van der Waals surface area contributed by atoms with E-state index in [0.717, 1.165) is 5.75 Å². The average Bonchev–Trinajstić information content (AvgIpc) is 2.39. The topological polar surface area (TPSA) is 26.3 Å². The maximum absolute atomic E-state index is 11.4. The molecule has 0 atom stereocenters. The summed E-state index contributed by atoms with van der Waals surface area (Å²) in [5, 5.41) is 0. The molecule has 0 fully saturated rings. The summed E-state index contributed by atoms with van der Waals surface area (Å²) in [6.45, 7) is 0. The molecular formula is C14H11ClO2. The summed E-state index contributed by atoms with van der Waals surface area (Å²) in [5.41, 5.74) is 0.563. The van der Waals surface area contributed by atoms with E-state index < -0.39 is 0 Å². The molecule has 2 nitrogen and oxygen atoms in total. The van der Waals surface area contributed by atoms with Gasteiger partial charge in [-0.25, -0.2) is 0 Å². The van der Waals surface area contributed by atoms with E-state index in [-0.39, 0.29) is 11.7 Å². The highest BCUT2D eigenvalue weighted by Crippen LogP contribution is 2.21. The number of hydrogen-bond acceptors (Lipinski definition) is 2. The molecule has 0 aromatic heterocycles. The van der Waals surface area contributed by atoms with Crippen molar-refractivity contribution >= 4 is 17.4 Å². The fraction of sp³-hybridized carbons (Fsp3) is 0.0714. The molecule has 0 N–H and O–H groups in total. The predicted molar refractivity (Wildman–Crippen MR) is 68.0 cm³/mol. The highest BCUT2D eigenvalue weighted by atomic mass is 35.5. The van der Waals surface area contributed by atoms with Crippen molar-refractivity contribution in [2.24, 2.45) is 0 Å². The van der Waals surface area contributed by atoms with Crippen molar-refractivity contribution in [3.05, 3.63) is 60.2 Å². The summed E-state index contributed by atoms with van der Waals surface area (Å²) in [4.78, 5) is 11.4. The molecule has 0 aliphatic carbocycles. The van der Waals surface area contributed by atoms with E-state index in [1.165, 1.54) is 0 Å². The van der Waals surface area contributed by atoms with Crippen LogP contribution in [0.5, 0.6) is 11.5 Å². The quantitative estimate of drug-likeness (QED) is 0.604. The number of rotatable bonds is 4. The number of benzene rings is 2. The molecule has 0 spiro atoms. The largest absolute Gasteiger partial charge is 0.457 e. The van der Waals surface area contributed by atoms with Crippen molar-refractivity contribution in [3.63, 3.8) is 0 Å². The molecular weight excluding hydrogens is 236 g/mol. The lowest BCUT2D eigenvalue weighted by Gasteiger charge is -2.06. The van der Waals surface area contributed by atoms with Crippen molar-refractivity contribution in [3.8, 4) is 11.5 Å². The Hall–Kier alpha value is -1.80. The molecule has 0 amide bonds. The minimum atomic E-state index is -0.106. The Bertz CT molecular complexity index is 509. The third-order valence-corrected chi connectivity index (χ3v) is 2.50. The van der Waals surface area contributed by atoms with Gasteiger partial charge < -0.3 is 4.74 Å². The standard InChI is InChI=1S/C14H11ClO2/c15-10-14(16)11-5-4-8-13(9-11)17-12-6-2-1-3-7-12/h1-9H,10H2. The van der Waals surface area contributed by atoms with Crippen molar-refractivity contribution in [2.45, 2.75) is 0 Å². The number of ether oxygens (including phenoxy) is 1. The first-order valence-corrected chi connectivity index (χ1v) is 5.75. The van der Waals surface area contributed by atoms with Crippen LogP contribution in [0.3, 0.4) is 0 Å². The van der Waals surface area contributed by atoms with E-state index >= 15 is 0 Å². The molecule has 0 heterocycles. The molecule has 3 heteroatoms. The van der Waals surface area contributed by atoms with Crippen molar-refractivity contribution in [1.82, 2.24) is 0 Å². The monoisotopic (exact) mass is 246 g/mol. The van der Waals surface area contributed by atoms with Gasteiger partial charge in [0.05, 0.1) is 5.88 Å². The number of Topliss-reactive ketones (excluding diaryl/α,β-unsaturated/α-hetero) is 1. The Morgan fingerprint density at radius 2 is 1.71 bits per heavy atom. The zero-order valence-electron chi connectivity index (χ0n) is 9.10. The number of carbonyl (C=O) groups excluding carboxylic acids is 1. The molecule has 17 heavy (non-hydrogen) atoms. The van der Waals surface area contributed by atoms with Gasteiger partial charge in [-0.15, -0.1) is 11.6 Å². The van der Waals surface area contributed by atoms with Crippen molar-refractivity contribution in [1.29, 1.82) is 0 Å². The van der Waals surface area contributed by atoms with E-state index in [9.17, 15) is 4.79 Å². The van der Waals surface area contributed by atoms with Crippen LogP contribution in [0, 0.1) is 0 Å². The maximum Gasteiger partial charge on any atom is 0.177 e. The highest BCUT2D eigenvalue weighted by molar-refractivity contribution is 6.30. The minimum Gasteiger partial charge on any atom is -0.457 e. The van der Waals surface area contributed by atoms with E-state index in [1.54, 1.807) is 24.3 Å². The molecule has 2 rings (SSSR count). The van der Waals surface area contributed by atoms with E-state index in [4.69, 9.17) is 16.3 Å². The molecule has 0 aliphatic heterocycles. The Kier molecular flexibility index (Phi) is 3.78. The van der Waals surface area contributed by atoms with Gasteiger partial charge in [0, 0.05) is 5.56 Å². The number of ketones is 1. The Labute approximate surface area is 105 Å². The third-order valence-electron chi connectivity index (χ3n) is 2.26. The number of para-hydroxylation sites is 1. The van der Waals surface area contributed by atoms with E-state index in [0.29, 0.717) is 11.3 Å². The molecule has 86 valence electrons. The Morgan fingerprint density at radius 1 is 1.00 bits per heavy atom. The van der Waals surface area contributed by atoms with Crippen LogP contribution in [0.2, 0.25) is 0 Å². The van der Waals surface area contributed by atoms with Gasteiger partial charge in [-0.3, -0.25) is 4.79 Å². The van der Waals surface area contributed by atoms with Crippen molar-refractivity contribution in [2.75, 3.05) is 5.88 Å². The lowest BCUT2D eigenvalue weighted by molar-refractivity contribution is 0.102. The van der Waals surface area contributed by atoms with E-state index in [1.807, 2.05) is 30.3 Å². The van der Waals surface area contributed by atoms with Gasteiger partial charge in [0.1, 0.15) is 11.5 Å². The van der Waals surface area contributed by atoms with Gasteiger partial charge >= 0.3 is 0 Å². The molecule has 2 aromatic carbocycles. The average molecular weight is 247 g/mol. The first kappa shape index (κ1) is 11.7. The summed E-state index contributed by atoms with van der Waals surface area (Å²) in [7, 11) is 0. The fourth-order valence-electron chi connectivity index (χ4n) is 1.43. The van der Waals surface area contributed by atoms with Crippen LogP contribution in [0.1, 0.15) is 10.4 Å². The molecule has 0 aliphatic rings. The minimum absolute atomic E-state index is 0.0191. The van der Waals surface area contributed by atoms with Crippen LogP contribution >= 0.6 is 11.6 Å². The highest BCUT2D eigenvalue weighted by Gasteiger charge is 2.05. The second-order valence-corrected chi connectivity index (χ2v) is 3.77. The van der Waals surface area contributed by atoms with Gasteiger partial charge in [0.25, 0.3) is 0 Å². The normalized spacial score (nSPS) is 9.94. The molecule has 2 aromatic rings. The summed E-state index contributed by atoms with van der Waals surface area (Å²) < 4.78 is 5.62. The number of carbonyl (C=O) groups is 1. The van der Waals surface area contributed by atoms with Crippen molar-refractivity contribution < 1.29 is 9.53 Å². The fourth-order valence-corrected chi connectivity index (χ4v) is 1.59. The number of alkyl halides is 1. The smallest absolute Gasteiger partial charge is 0.177 e. The molecule has 0 saturated heterocycles. The first-order chi connectivity index (χ1) is 8.29. The second-order valence-electron chi connectivity index (χ2n) is 3.50. The van der Waals surface area contributed by atoms with Crippen LogP contribution in [-0.2, 0) is 0 Å². The lowest BCUT2D eigenvalue weighted by atomic mass is 10.1. The third kappa shape index (κ3) is 3.08. The van der Waals surface area contributed by atoms with Crippen LogP contribution < -0.4 is 4.74 Å². The van der Waals surface area contributed by atoms with E-state index in [2.05, 4.69) is 0 Å². The van der Waals surface area contributed by atoms with Gasteiger partial charge in [-0.05, 0) is 24.3 Å². The maximum atomic E-state index is 11.4. The summed E-state index contributed by atoms with van der Waals surface area (Å²) in [5.74, 6) is 1.25. The first-order valence-electron chi connectivity index (χ1n) is 5.22. The molecule has 0 unspecified atom stereocenters. The lowest BCUT2D eigenvalue weighted by Crippen LogP contribution is -1.99. The van der Waals surface area contributed by atoms with Crippen LogP contribution in [0.25, 0.3) is 0 Å². The predicted octanol–water partition coefficient (Wildman–Crippen LogP) is 3.90. The van der Waals surface area contributed by atoms with Crippen LogP contribution in [0.15, 0.2) is 54.6 Å². The van der Waals surface area contributed by atoms with Gasteiger partial charge in [-0.2, -0.15) is 0 Å². The summed E-state index contributed by atoms with van der Waals surface area (Å²) in [6.07, 6.45) is 0. The van der Waals surface area contributed by atoms with Gasteiger partial charge in [0.2, 0.25) is 0 Å². The zero-order chi connectivity index (χ0) is 12.1. The summed E-state index contributed by atoms with van der Waals surface area (Å²) >= 11 is 5.51. The van der Waals surface area contributed by atoms with Gasteiger partial charge in [-0.1, -0.05) is 30.3 Å². The zero-order valence-corrected chi connectivity index (χ0v) is 9.85. The van der Waals surface area contributed by atoms with Gasteiger partial charge in [0.15, 0.2) is 5.78 Å². The number of halogens is 1. The molecule has 0 radical (unpaired) electrons. The van der Waals surface area contributed by atoms with Crippen LogP contribution in [0.4, 0.5) is 0 Å². The van der Waals surface area contributed by atoms with Crippen LogP contribution in [-0.4, -0.2) is 11.7 Å². The summed E-state index contributed by atoms with van der Waals surface area (Å²) in [6, 6.07) is 16.4. The Balaban J connectivity index is 2.20. The SMILES string of the molecule is O=C(CCl)c1cccc(Oc2ccccc2)c1. The molecule has 0 bridgehead atoms. The second kappa shape index (κ2) is 5.51. The number of hydrogen-bond donors (Lipinski definition) is 0.